The molecule has 2 aliphatic heterocycles. The molecule has 2 fully saturated rings. The predicted octanol–water partition coefficient (Wildman–Crippen LogP) is 0.966. The first-order valence-electron chi connectivity index (χ1n) is 7.75. The van der Waals surface area contributed by atoms with Gasteiger partial charge in [-0.05, 0) is 24.5 Å². The summed E-state index contributed by atoms with van der Waals surface area (Å²) in [7, 11) is 1.73. The maximum atomic E-state index is 12.1. The van der Waals surface area contributed by atoms with Crippen LogP contribution in [0.3, 0.4) is 0 Å². The molecule has 0 radical (unpaired) electrons. The molecule has 12 heteroatoms. The lowest BCUT2D eigenvalue weighted by Crippen LogP contribution is -2.59. The van der Waals surface area contributed by atoms with Crippen LogP contribution in [-0.4, -0.2) is 89.0 Å². The van der Waals surface area contributed by atoms with Crippen molar-refractivity contribution in [2.75, 3.05) is 46.4 Å². The maximum absolute atomic E-state index is 12.1. The summed E-state index contributed by atoms with van der Waals surface area (Å²) in [6, 6.07) is 0. The second-order valence-corrected chi connectivity index (χ2v) is 6.88. The monoisotopic (exact) mass is 396 g/mol. The molecule has 8 nitrogen and oxygen atoms in total. The van der Waals surface area contributed by atoms with Crippen LogP contribution in [0.1, 0.15) is 16.9 Å². The number of rotatable bonds is 4. The van der Waals surface area contributed by atoms with Gasteiger partial charge in [-0.2, -0.15) is 13.2 Å². The molecule has 3 rings (SSSR count). The first kappa shape index (κ1) is 20.5. The lowest BCUT2D eigenvalue weighted by Gasteiger charge is -2.47. The second kappa shape index (κ2) is 8.27. The summed E-state index contributed by atoms with van der Waals surface area (Å²) in [5, 5.41) is 12.7. The minimum absolute atomic E-state index is 0.0229. The summed E-state index contributed by atoms with van der Waals surface area (Å²) in [6.45, 7) is 5.67. The van der Waals surface area contributed by atoms with Crippen molar-refractivity contribution >= 4 is 23.4 Å². The van der Waals surface area contributed by atoms with Gasteiger partial charge in [-0.3, -0.25) is 4.79 Å². The van der Waals surface area contributed by atoms with Gasteiger partial charge in [-0.1, -0.05) is 4.49 Å². The molecule has 0 atom stereocenters. The Morgan fingerprint density at radius 3 is 2.54 bits per heavy atom. The smallest absolute Gasteiger partial charge is 0.475 e. The molecule has 1 spiro atoms. The Morgan fingerprint density at radius 1 is 1.38 bits per heavy atom. The minimum Gasteiger partial charge on any atom is -0.475 e. The van der Waals surface area contributed by atoms with Crippen LogP contribution in [0.15, 0.2) is 5.38 Å². The van der Waals surface area contributed by atoms with Crippen LogP contribution in [-0.2, 0) is 9.53 Å². The highest BCUT2D eigenvalue weighted by Gasteiger charge is 2.49. The van der Waals surface area contributed by atoms with E-state index in [-0.39, 0.29) is 5.91 Å². The van der Waals surface area contributed by atoms with Crippen molar-refractivity contribution < 1.29 is 32.6 Å². The van der Waals surface area contributed by atoms with Crippen LogP contribution >= 0.6 is 11.5 Å². The molecular weight excluding hydrogens is 377 g/mol. The van der Waals surface area contributed by atoms with Crippen LogP contribution in [0.5, 0.6) is 0 Å². The van der Waals surface area contributed by atoms with Gasteiger partial charge < -0.3 is 19.6 Å². The molecular formula is C14H19F3N4O4S. The Bertz CT molecular complexity index is 620. The van der Waals surface area contributed by atoms with E-state index in [4.69, 9.17) is 14.6 Å². The summed E-state index contributed by atoms with van der Waals surface area (Å²) >= 11 is 1.22. The van der Waals surface area contributed by atoms with Crippen molar-refractivity contribution in [1.29, 1.82) is 0 Å². The summed E-state index contributed by atoms with van der Waals surface area (Å²) in [5.41, 5.74) is 0.793. The number of hydrogen-bond donors (Lipinski definition) is 1. The van der Waals surface area contributed by atoms with Gasteiger partial charge in [0.15, 0.2) is 5.69 Å². The third-order valence-corrected chi connectivity index (χ3v) is 4.80. The Hall–Kier alpha value is -1.79. The van der Waals surface area contributed by atoms with Crippen LogP contribution < -0.4 is 0 Å². The molecule has 2 aliphatic rings. The third kappa shape index (κ3) is 5.11. The molecule has 3 heterocycles. The van der Waals surface area contributed by atoms with Crippen LogP contribution in [0, 0.1) is 5.41 Å². The fourth-order valence-electron chi connectivity index (χ4n) is 3.02. The van der Waals surface area contributed by atoms with Crippen LogP contribution in [0.4, 0.5) is 13.2 Å². The highest BCUT2D eigenvalue weighted by atomic mass is 32.1. The van der Waals surface area contributed by atoms with E-state index in [9.17, 15) is 18.0 Å². The Balaban J connectivity index is 0.000000298. The van der Waals surface area contributed by atoms with Crippen molar-refractivity contribution in [2.45, 2.75) is 12.6 Å². The topological polar surface area (TPSA) is 95.9 Å². The Kier molecular flexibility index (Phi) is 6.53. The summed E-state index contributed by atoms with van der Waals surface area (Å²) in [5.74, 6) is -2.73. The summed E-state index contributed by atoms with van der Waals surface area (Å²) in [4.78, 5) is 25.3. The summed E-state index contributed by atoms with van der Waals surface area (Å²) < 4.78 is 40.6. The zero-order chi connectivity index (χ0) is 19.4. The molecule has 0 saturated carbocycles. The number of hydrogen-bond acceptors (Lipinski definition) is 7. The van der Waals surface area contributed by atoms with Crippen molar-refractivity contribution in [3.8, 4) is 0 Å². The number of nitrogens with zero attached hydrogens (tertiary/aromatic N) is 4. The fourth-order valence-corrected chi connectivity index (χ4v) is 3.45. The molecule has 1 N–H and O–H groups in total. The van der Waals surface area contributed by atoms with Crippen molar-refractivity contribution in [1.82, 2.24) is 19.4 Å². The zero-order valence-corrected chi connectivity index (χ0v) is 14.8. The second-order valence-electron chi connectivity index (χ2n) is 6.27. The lowest BCUT2D eigenvalue weighted by molar-refractivity contribution is -0.192. The molecule has 26 heavy (non-hydrogen) atoms. The Labute approximate surface area is 151 Å². The fraction of sp³-hybridized carbons (Fsp3) is 0.714. The van der Waals surface area contributed by atoms with E-state index in [0.29, 0.717) is 11.1 Å². The molecule has 146 valence electrons. The van der Waals surface area contributed by atoms with E-state index < -0.39 is 12.1 Å². The number of carbonyl (C=O) groups excluding carboxylic acids is 1. The average molecular weight is 396 g/mol. The minimum atomic E-state index is -5.08. The highest BCUT2D eigenvalue weighted by molar-refractivity contribution is 7.03. The lowest BCUT2D eigenvalue weighted by atomic mass is 9.79. The van der Waals surface area contributed by atoms with Gasteiger partial charge in [-0.25, -0.2) is 4.79 Å². The van der Waals surface area contributed by atoms with Gasteiger partial charge in [0.1, 0.15) is 0 Å². The van der Waals surface area contributed by atoms with E-state index in [1.807, 2.05) is 4.90 Å². The number of carboxylic acids is 1. The first-order chi connectivity index (χ1) is 12.2. The third-order valence-electron chi connectivity index (χ3n) is 4.29. The Morgan fingerprint density at radius 2 is 2.04 bits per heavy atom. The van der Waals surface area contributed by atoms with Crippen molar-refractivity contribution in [3.05, 3.63) is 11.1 Å². The molecule has 0 aromatic carbocycles. The number of methoxy groups -OCH3 is 1. The standard InChI is InChI=1S/C12H18N4O2S.C2HF3O2/c1-18-5-4-15-3-2-12(7-15)8-16(9-12)11(17)10-6-19-14-13-10;3-2(4,5)1(6)7/h6H,2-5,7-9H2,1H3;(H,6,7). The van der Waals surface area contributed by atoms with Crippen LogP contribution in [0.25, 0.3) is 0 Å². The molecule has 1 amide bonds. The number of likely N-dealkylation sites (tertiary alicyclic amines) is 2. The van der Waals surface area contributed by atoms with Gasteiger partial charge >= 0.3 is 12.1 Å². The number of amides is 1. The number of aromatic nitrogens is 2. The van der Waals surface area contributed by atoms with E-state index in [1.165, 1.54) is 18.0 Å². The van der Waals surface area contributed by atoms with E-state index in [0.717, 1.165) is 39.3 Å². The van der Waals surface area contributed by atoms with Gasteiger partial charge in [0.2, 0.25) is 0 Å². The predicted molar refractivity (Wildman–Crippen MR) is 84.9 cm³/mol. The van der Waals surface area contributed by atoms with E-state index in [1.54, 1.807) is 12.5 Å². The zero-order valence-electron chi connectivity index (χ0n) is 14.0. The van der Waals surface area contributed by atoms with E-state index in [2.05, 4.69) is 14.5 Å². The number of alkyl halides is 3. The van der Waals surface area contributed by atoms with Crippen LogP contribution in [0.2, 0.25) is 0 Å². The number of aliphatic carboxylic acids is 1. The number of halogens is 3. The normalized spacial score (nSPS) is 19.0. The van der Waals surface area contributed by atoms with Crippen molar-refractivity contribution in [2.24, 2.45) is 5.41 Å². The van der Waals surface area contributed by atoms with Gasteiger partial charge in [-0.15, -0.1) is 5.10 Å². The number of carboxylic acid groups (broad SMARTS) is 1. The van der Waals surface area contributed by atoms with Gasteiger partial charge in [0.25, 0.3) is 5.91 Å². The number of carbonyl (C=O) groups is 2. The quantitative estimate of drug-likeness (QED) is 0.810. The average Bonchev–Trinajstić information content (AvgIpc) is 3.20. The van der Waals surface area contributed by atoms with Gasteiger partial charge in [0, 0.05) is 44.1 Å². The maximum Gasteiger partial charge on any atom is 0.490 e. The molecule has 1 aromatic heterocycles. The number of ether oxygens (including phenoxy) is 1. The molecule has 2 saturated heterocycles. The molecule has 1 aromatic rings. The molecule has 0 bridgehead atoms. The van der Waals surface area contributed by atoms with E-state index >= 15 is 0 Å². The molecule has 0 unspecified atom stereocenters. The largest absolute Gasteiger partial charge is 0.490 e. The van der Waals surface area contributed by atoms with Crippen molar-refractivity contribution in [3.63, 3.8) is 0 Å². The first-order valence-corrected chi connectivity index (χ1v) is 8.58. The highest BCUT2D eigenvalue weighted by Crippen LogP contribution is 2.39. The molecule has 0 aliphatic carbocycles. The SMILES string of the molecule is COCCN1CCC2(C1)CN(C(=O)c1csnn1)C2.O=C(O)C(F)(F)F. The summed E-state index contributed by atoms with van der Waals surface area (Å²) in [6.07, 6.45) is -3.91. The van der Waals surface area contributed by atoms with Gasteiger partial charge in [0.05, 0.1) is 6.61 Å².